The van der Waals surface area contributed by atoms with E-state index in [0.717, 1.165) is 13.1 Å². The Balaban J connectivity index is 2.39. The average Bonchev–Trinajstić information content (AvgIpc) is 2.33. The van der Waals surface area contributed by atoms with Crippen LogP contribution in [0, 0.1) is 0 Å². The standard InChI is InChI=1S/C12H24N4O2/c1-9-7-16(4)10(8-15(9)3)12(18)14-6-5-11(17)13-2/h9-10H,5-8H2,1-4H3,(H,13,17)(H,14,18)/i2+1,3+1,4+1,7+1,11+1,13+1,15+1. The zero-order chi connectivity index (χ0) is 13.7. The Morgan fingerprint density at radius 2 is 1.89 bits per heavy atom. The Kier molecular flexibility index (Phi) is 5.55. The third-order valence-corrected chi connectivity index (χ3v) is 3.53. The highest BCUT2D eigenvalue weighted by Crippen LogP contribution is 2.11. The van der Waals surface area contributed by atoms with Gasteiger partial charge in [0.05, 0.1) is 0 Å². The smallest absolute Gasteiger partial charge is 0.238 e. The topological polar surface area (TPSA) is 64.7 Å². The van der Waals surface area contributed by atoms with E-state index < -0.39 is 0 Å². The third-order valence-electron chi connectivity index (χ3n) is 3.53. The Morgan fingerprint density at radius 3 is 2.50 bits per heavy atom. The minimum Gasteiger partial charge on any atom is -0.359 e. The van der Waals surface area contributed by atoms with Crippen molar-refractivity contribution in [1.82, 2.24) is 20.4 Å². The highest BCUT2D eigenvalue weighted by atomic mass is 16.3. The predicted molar refractivity (Wildman–Crippen MR) is 70.2 cm³/mol. The molecular formula is C12H24N4O2. The normalized spacial score (nSPS) is 25.8. The molecule has 1 heterocycles. The van der Waals surface area contributed by atoms with Gasteiger partial charge in [-0.1, -0.05) is 0 Å². The number of rotatable bonds is 4. The number of carbonyl (C=O) groups is 2. The van der Waals surface area contributed by atoms with Gasteiger partial charge in [-0.2, -0.15) is 0 Å². The minimum absolute atomic E-state index is 0.000142. The van der Waals surface area contributed by atoms with Crippen molar-refractivity contribution >= 4 is 11.8 Å². The van der Waals surface area contributed by atoms with Crippen molar-refractivity contribution in [3.8, 4) is 0 Å². The summed E-state index contributed by atoms with van der Waals surface area (Å²) in [5.74, 6) is -0.0572. The molecule has 0 bridgehead atoms. The molecule has 1 rings (SSSR count). The molecule has 18 heavy (non-hydrogen) atoms. The average molecular weight is 263 g/mol. The third kappa shape index (κ3) is 3.96. The molecule has 0 spiro atoms. The monoisotopic (exact) mass is 263 g/mol. The second-order valence-electron chi connectivity index (χ2n) is 4.96. The fourth-order valence-electron chi connectivity index (χ4n) is 2.10. The van der Waals surface area contributed by atoms with E-state index >= 15 is 0 Å². The van der Waals surface area contributed by atoms with Crippen LogP contribution in [-0.4, -0.2) is 74.5 Å². The molecular weight excluding hydrogens is 239 g/mol. The van der Waals surface area contributed by atoms with Crippen LogP contribution in [0.3, 0.4) is 0 Å². The number of likely N-dealkylation sites (N-methyl/N-ethyl adjacent to an activating group) is 2. The lowest BCUT2D eigenvalue weighted by molar-refractivity contribution is -0.128. The number of hydrogen-bond donors (Lipinski definition) is 2. The first kappa shape index (κ1) is 14.9. The maximum Gasteiger partial charge on any atom is 0.238 e. The van der Waals surface area contributed by atoms with Gasteiger partial charge in [-0.05, 0) is 21.0 Å². The lowest BCUT2D eigenvalue weighted by Gasteiger charge is -2.41. The van der Waals surface area contributed by atoms with E-state index in [4.69, 9.17) is 0 Å². The Bertz CT molecular complexity index is 308. The molecule has 1 saturated heterocycles. The molecule has 1 fully saturated rings. The zero-order valence-corrected chi connectivity index (χ0v) is 11.7. The SMILES string of the molecule is CC1[13CH2]N([13CH3])C(C(=O)NCC[13C](=O)[15NH][13CH3])C[15N]1[13CH3]. The van der Waals surface area contributed by atoms with Gasteiger partial charge in [0, 0.05) is 39.1 Å². The summed E-state index contributed by atoms with van der Waals surface area (Å²) in [7, 11) is 5.59. The molecule has 0 saturated carbocycles. The molecule has 0 radical (unpaired) electrons. The predicted octanol–water partition coefficient (Wildman–Crippen LogP) is -1.13. The van der Waals surface area contributed by atoms with Crippen molar-refractivity contribution in [2.45, 2.75) is 25.4 Å². The van der Waals surface area contributed by atoms with Crippen LogP contribution in [0.5, 0.6) is 0 Å². The van der Waals surface area contributed by atoms with E-state index in [1.807, 2.05) is 14.1 Å². The van der Waals surface area contributed by atoms with Crippen LogP contribution >= 0.6 is 0 Å². The molecule has 6 nitrogen and oxygen atoms in total. The second kappa shape index (κ2) is 6.70. The minimum atomic E-state index is -0.129. The molecule has 2 atom stereocenters. The van der Waals surface area contributed by atoms with Crippen LogP contribution < -0.4 is 10.6 Å². The molecule has 2 unspecified atom stereocenters. The molecule has 0 aromatic carbocycles. The van der Waals surface area contributed by atoms with Crippen molar-refractivity contribution in [3.63, 3.8) is 0 Å². The summed E-state index contributed by atoms with van der Waals surface area (Å²) in [4.78, 5) is 27.3. The summed E-state index contributed by atoms with van der Waals surface area (Å²) in [6.07, 6.45) is 0.324. The summed E-state index contributed by atoms with van der Waals surface area (Å²) in [6.45, 7) is 4.14. The van der Waals surface area contributed by atoms with Crippen molar-refractivity contribution in [3.05, 3.63) is 0 Å². The maximum atomic E-state index is 12.0. The Labute approximate surface area is 109 Å². The summed E-state index contributed by atoms with van der Waals surface area (Å²) in [6, 6.07) is 0.334. The van der Waals surface area contributed by atoms with E-state index in [-0.39, 0.29) is 17.9 Å². The second-order valence-corrected chi connectivity index (χ2v) is 4.96. The summed E-state index contributed by atoms with van der Waals surface area (Å²) in [5, 5.41) is 5.35. The van der Waals surface area contributed by atoms with Gasteiger partial charge in [0.25, 0.3) is 0 Å². The van der Waals surface area contributed by atoms with Gasteiger partial charge in [-0.25, -0.2) is 0 Å². The summed E-state index contributed by atoms with van der Waals surface area (Å²) >= 11 is 0. The van der Waals surface area contributed by atoms with Crippen LogP contribution in [-0.2, 0) is 9.59 Å². The number of nitrogens with one attached hydrogen (secondary N) is 2. The van der Waals surface area contributed by atoms with E-state index in [2.05, 4.69) is 27.4 Å². The molecule has 1 aliphatic rings. The first-order chi connectivity index (χ1) is 8.45. The quantitative estimate of drug-likeness (QED) is 0.498. The van der Waals surface area contributed by atoms with Crippen molar-refractivity contribution in [1.29, 1.82) is 0 Å². The molecule has 0 aromatic rings. The Morgan fingerprint density at radius 1 is 1.22 bits per heavy atom. The fourth-order valence-corrected chi connectivity index (χ4v) is 2.10. The van der Waals surface area contributed by atoms with Crippen LogP contribution in [0.2, 0.25) is 0 Å². The van der Waals surface area contributed by atoms with Gasteiger partial charge >= 0.3 is 0 Å². The van der Waals surface area contributed by atoms with Crippen molar-refractivity contribution in [2.75, 3.05) is 40.8 Å². The first-order valence-corrected chi connectivity index (χ1v) is 6.34. The molecule has 6 heteroatoms. The van der Waals surface area contributed by atoms with Crippen LogP contribution in [0.15, 0.2) is 0 Å². The molecule has 104 valence electrons. The number of piperazine rings is 1. The largest absolute Gasteiger partial charge is 0.359 e. The van der Waals surface area contributed by atoms with Crippen molar-refractivity contribution in [2.24, 2.45) is 0 Å². The molecule has 2 N–H and O–H groups in total. The van der Waals surface area contributed by atoms with Crippen molar-refractivity contribution < 1.29 is 9.59 Å². The first-order valence-electron chi connectivity index (χ1n) is 6.34. The number of carbonyl (C=O) groups excluding carboxylic acids is 2. The zero-order valence-electron chi connectivity index (χ0n) is 11.7. The van der Waals surface area contributed by atoms with E-state index in [1.165, 1.54) is 0 Å². The maximum absolute atomic E-state index is 12.0. The van der Waals surface area contributed by atoms with Gasteiger partial charge in [0.15, 0.2) is 0 Å². The van der Waals surface area contributed by atoms with Gasteiger partial charge < -0.3 is 15.5 Å². The lowest BCUT2D eigenvalue weighted by atomic mass is 10.2. The number of nitrogens with zero attached hydrogens (tertiary/aromatic N) is 2. The van der Waals surface area contributed by atoms with Gasteiger partial charge in [0.1, 0.15) is 6.04 Å². The van der Waals surface area contributed by atoms with Crippen LogP contribution in [0.25, 0.3) is 0 Å². The lowest BCUT2D eigenvalue weighted by Crippen LogP contribution is -2.59. The summed E-state index contributed by atoms with van der Waals surface area (Å²) in [5.41, 5.74) is 0. The highest BCUT2D eigenvalue weighted by Gasteiger charge is 2.31. The number of amides is 2. The van der Waals surface area contributed by atoms with Gasteiger partial charge in [-0.3, -0.25) is 14.5 Å². The van der Waals surface area contributed by atoms with Gasteiger partial charge in [0.2, 0.25) is 11.8 Å². The van der Waals surface area contributed by atoms with E-state index in [0.29, 0.717) is 19.0 Å². The highest BCUT2D eigenvalue weighted by molar-refractivity contribution is 5.83. The van der Waals surface area contributed by atoms with E-state index in [1.54, 1.807) is 7.05 Å². The molecule has 2 amide bonds. The molecule has 0 aliphatic carbocycles. The number of hydrogen-bond acceptors (Lipinski definition) is 4. The van der Waals surface area contributed by atoms with Crippen LogP contribution in [0.1, 0.15) is 13.3 Å². The molecule has 1 aliphatic heterocycles. The Hall–Kier alpha value is -1.14. The van der Waals surface area contributed by atoms with Crippen LogP contribution in [0.4, 0.5) is 0 Å². The fraction of sp³-hybridized carbons (Fsp3) is 0.833. The van der Waals surface area contributed by atoms with Gasteiger partial charge in [-0.15, -0.1) is 0 Å². The summed E-state index contributed by atoms with van der Waals surface area (Å²) < 4.78 is 0. The van der Waals surface area contributed by atoms with E-state index in [9.17, 15) is 9.59 Å². The molecule has 0 aromatic heterocycles.